The van der Waals surface area contributed by atoms with Crippen molar-refractivity contribution in [2.45, 2.75) is 84.5 Å². The summed E-state index contributed by atoms with van der Waals surface area (Å²) in [4.78, 5) is 11.4. The fourth-order valence-electron chi connectivity index (χ4n) is 2.45. The Morgan fingerprint density at radius 1 is 1.00 bits per heavy atom. The molecule has 0 fully saturated rings. The van der Waals surface area contributed by atoms with Gasteiger partial charge in [0.05, 0.1) is 13.0 Å². The van der Waals surface area contributed by atoms with Crippen LogP contribution < -0.4 is 0 Å². The first kappa shape index (κ1) is 19.2. The van der Waals surface area contributed by atoms with E-state index in [4.69, 9.17) is 4.74 Å². The third-order valence-corrected chi connectivity index (χ3v) is 3.75. The molecule has 0 aliphatic heterocycles. The minimum Gasteiger partial charge on any atom is -0.466 e. The molecule has 0 N–H and O–H groups in total. The minimum absolute atomic E-state index is 0.0895. The average Bonchev–Trinajstić information content (AvgIpc) is 2.44. The van der Waals surface area contributed by atoms with E-state index in [9.17, 15) is 4.79 Å². The van der Waals surface area contributed by atoms with Crippen molar-refractivity contribution < 1.29 is 9.53 Å². The molecule has 0 aromatic heterocycles. The molecule has 0 bridgehead atoms. The van der Waals surface area contributed by atoms with Crippen molar-refractivity contribution in [2.75, 3.05) is 6.61 Å². The largest absolute Gasteiger partial charge is 0.466 e. The highest BCUT2D eigenvalue weighted by atomic mass is 16.5. The molecule has 0 amide bonds. The second-order valence-electron chi connectivity index (χ2n) is 5.62. The summed E-state index contributed by atoms with van der Waals surface area (Å²) >= 11 is 0. The molecule has 1 atom stereocenters. The van der Waals surface area contributed by atoms with Crippen LogP contribution in [-0.4, -0.2) is 12.6 Å². The fourth-order valence-corrected chi connectivity index (χ4v) is 2.45. The first-order chi connectivity index (χ1) is 9.74. The zero-order chi connectivity index (χ0) is 15.1. The van der Waals surface area contributed by atoms with Crippen molar-refractivity contribution in [3.05, 3.63) is 12.7 Å². The van der Waals surface area contributed by atoms with Gasteiger partial charge < -0.3 is 4.74 Å². The third kappa shape index (κ3) is 12.3. The van der Waals surface area contributed by atoms with E-state index < -0.39 is 0 Å². The fraction of sp³-hybridized carbons (Fsp3) is 0.833. The van der Waals surface area contributed by atoms with Gasteiger partial charge in [0.25, 0.3) is 0 Å². The van der Waals surface area contributed by atoms with Gasteiger partial charge in [0.2, 0.25) is 0 Å². The summed E-state index contributed by atoms with van der Waals surface area (Å²) in [6.07, 6.45) is 15.5. The van der Waals surface area contributed by atoms with Crippen molar-refractivity contribution in [2.24, 2.45) is 5.92 Å². The Balaban J connectivity index is 3.42. The quantitative estimate of drug-likeness (QED) is 0.233. The summed E-state index contributed by atoms with van der Waals surface area (Å²) in [5, 5.41) is 0. The maximum absolute atomic E-state index is 11.4. The number of ether oxygens (including phenoxy) is 1. The molecule has 20 heavy (non-hydrogen) atoms. The van der Waals surface area contributed by atoms with Crippen molar-refractivity contribution in [3.63, 3.8) is 0 Å². The molecule has 2 heteroatoms. The molecule has 0 aromatic rings. The maximum atomic E-state index is 11.4. The van der Waals surface area contributed by atoms with Crippen LogP contribution in [0.5, 0.6) is 0 Å². The van der Waals surface area contributed by atoms with Crippen LogP contribution in [-0.2, 0) is 9.53 Å². The number of rotatable bonds is 14. The molecule has 1 unspecified atom stereocenters. The van der Waals surface area contributed by atoms with Crippen molar-refractivity contribution in [3.8, 4) is 0 Å². The summed E-state index contributed by atoms with van der Waals surface area (Å²) in [7, 11) is 0. The highest BCUT2D eigenvalue weighted by molar-refractivity contribution is 5.69. The van der Waals surface area contributed by atoms with Gasteiger partial charge in [0, 0.05) is 0 Å². The van der Waals surface area contributed by atoms with Crippen molar-refractivity contribution >= 4 is 5.97 Å². The molecule has 0 rings (SSSR count). The second-order valence-corrected chi connectivity index (χ2v) is 5.62. The average molecular weight is 282 g/mol. The predicted octanol–water partition coefficient (Wildman–Crippen LogP) is 5.66. The zero-order valence-corrected chi connectivity index (χ0v) is 13.7. The van der Waals surface area contributed by atoms with Crippen LogP contribution in [0.25, 0.3) is 0 Å². The molecule has 0 heterocycles. The molecule has 0 spiro atoms. The standard InChI is InChI=1S/C18H34O2/c1-4-7-8-9-10-11-12-13-14-15-17(5-2)16-18(19)20-6-3/h5,17H,2,4,6-16H2,1,3H3. The normalized spacial score (nSPS) is 12.1. The van der Waals surface area contributed by atoms with Gasteiger partial charge in [-0.25, -0.2) is 0 Å². The van der Waals surface area contributed by atoms with Crippen LogP contribution in [0, 0.1) is 5.92 Å². The van der Waals surface area contributed by atoms with Gasteiger partial charge in [-0.05, 0) is 19.3 Å². The van der Waals surface area contributed by atoms with E-state index >= 15 is 0 Å². The molecular weight excluding hydrogens is 248 g/mol. The number of allylic oxidation sites excluding steroid dienone is 1. The van der Waals surface area contributed by atoms with E-state index in [2.05, 4.69) is 13.5 Å². The molecule has 0 saturated heterocycles. The molecule has 118 valence electrons. The monoisotopic (exact) mass is 282 g/mol. The number of carbonyl (C=O) groups excluding carboxylic acids is 1. The minimum atomic E-state index is -0.0895. The maximum Gasteiger partial charge on any atom is 0.306 e. The van der Waals surface area contributed by atoms with Gasteiger partial charge in [-0.2, -0.15) is 0 Å². The molecule has 0 saturated carbocycles. The number of hydrogen-bond donors (Lipinski definition) is 0. The number of carbonyl (C=O) groups is 1. The van der Waals surface area contributed by atoms with E-state index in [1.807, 2.05) is 13.0 Å². The van der Waals surface area contributed by atoms with E-state index in [0.717, 1.165) is 6.42 Å². The Morgan fingerprint density at radius 2 is 1.55 bits per heavy atom. The smallest absolute Gasteiger partial charge is 0.306 e. The van der Waals surface area contributed by atoms with Crippen LogP contribution >= 0.6 is 0 Å². The van der Waals surface area contributed by atoms with Gasteiger partial charge in [-0.15, -0.1) is 6.58 Å². The molecule has 0 radical (unpaired) electrons. The van der Waals surface area contributed by atoms with E-state index in [1.54, 1.807) is 0 Å². The third-order valence-electron chi connectivity index (χ3n) is 3.75. The lowest BCUT2D eigenvalue weighted by molar-refractivity contribution is -0.143. The summed E-state index contributed by atoms with van der Waals surface area (Å²) in [5.74, 6) is 0.201. The summed E-state index contributed by atoms with van der Waals surface area (Å²) in [6, 6.07) is 0. The summed E-state index contributed by atoms with van der Waals surface area (Å²) in [6.45, 7) is 8.40. The Hall–Kier alpha value is -0.790. The highest BCUT2D eigenvalue weighted by Gasteiger charge is 2.10. The van der Waals surface area contributed by atoms with E-state index in [0.29, 0.717) is 18.9 Å². The SMILES string of the molecule is C=CC(CCCCCCCCCCC)CC(=O)OCC. The number of unbranched alkanes of at least 4 members (excludes halogenated alkanes) is 8. The second kappa shape index (κ2) is 14.6. The Labute approximate surface area is 126 Å². The molecule has 0 aliphatic carbocycles. The van der Waals surface area contributed by atoms with Crippen LogP contribution in [0.4, 0.5) is 0 Å². The lowest BCUT2D eigenvalue weighted by Gasteiger charge is -2.11. The lowest BCUT2D eigenvalue weighted by Crippen LogP contribution is -2.10. The first-order valence-corrected chi connectivity index (χ1v) is 8.52. The van der Waals surface area contributed by atoms with Gasteiger partial charge in [-0.3, -0.25) is 4.79 Å². The van der Waals surface area contributed by atoms with E-state index in [1.165, 1.54) is 57.8 Å². The molecule has 0 aliphatic rings. The highest BCUT2D eigenvalue weighted by Crippen LogP contribution is 2.17. The zero-order valence-electron chi connectivity index (χ0n) is 13.7. The van der Waals surface area contributed by atoms with Gasteiger partial charge in [0.1, 0.15) is 0 Å². The predicted molar refractivity (Wildman–Crippen MR) is 86.8 cm³/mol. The summed E-state index contributed by atoms with van der Waals surface area (Å²) < 4.78 is 4.98. The van der Waals surface area contributed by atoms with Crippen LogP contribution in [0.3, 0.4) is 0 Å². The van der Waals surface area contributed by atoms with Crippen molar-refractivity contribution in [1.82, 2.24) is 0 Å². The molecular formula is C18H34O2. The number of esters is 1. The van der Waals surface area contributed by atoms with Gasteiger partial charge in [0.15, 0.2) is 0 Å². The topological polar surface area (TPSA) is 26.3 Å². The van der Waals surface area contributed by atoms with Gasteiger partial charge >= 0.3 is 5.97 Å². The lowest BCUT2D eigenvalue weighted by atomic mass is 9.97. The summed E-state index contributed by atoms with van der Waals surface area (Å²) in [5.41, 5.74) is 0. The van der Waals surface area contributed by atoms with E-state index in [-0.39, 0.29) is 5.97 Å². The van der Waals surface area contributed by atoms with Crippen LogP contribution in [0.1, 0.15) is 84.5 Å². The van der Waals surface area contributed by atoms with Crippen molar-refractivity contribution in [1.29, 1.82) is 0 Å². The first-order valence-electron chi connectivity index (χ1n) is 8.52. The Morgan fingerprint density at radius 3 is 2.05 bits per heavy atom. The molecule has 0 aromatic carbocycles. The Bertz CT molecular complexity index is 236. The van der Waals surface area contributed by atoms with Crippen LogP contribution in [0.15, 0.2) is 12.7 Å². The number of hydrogen-bond acceptors (Lipinski definition) is 2. The van der Waals surface area contributed by atoms with Crippen LogP contribution in [0.2, 0.25) is 0 Å². The Kier molecular flexibility index (Phi) is 14.0. The van der Waals surface area contributed by atoms with Gasteiger partial charge in [-0.1, -0.05) is 70.8 Å². The molecule has 2 nitrogen and oxygen atoms in total.